The highest BCUT2D eigenvalue weighted by atomic mass is 32.2. The smallest absolute Gasteiger partial charge is 0.119 e. The van der Waals surface area contributed by atoms with Gasteiger partial charge in [0.15, 0.2) is 0 Å². The number of hydrogen-bond acceptors (Lipinski definition) is 3. The molecule has 80 valence electrons. The van der Waals surface area contributed by atoms with Crippen LogP contribution in [0.2, 0.25) is 0 Å². The summed E-state index contributed by atoms with van der Waals surface area (Å²) in [6, 6.07) is 7.55. The Morgan fingerprint density at radius 3 is 2.67 bits per heavy atom. The van der Waals surface area contributed by atoms with E-state index in [2.05, 4.69) is 18.1 Å². The number of hydrogen-bond donors (Lipinski definition) is 1. The molecule has 0 bridgehead atoms. The Morgan fingerprint density at radius 2 is 2.07 bits per heavy atom. The van der Waals surface area contributed by atoms with Crippen molar-refractivity contribution in [3.8, 4) is 17.6 Å². The third-order valence-electron chi connectivity index (χ3n) is 1.72. The first-order valence-electron chi connectivity index (χ1n) is 4.68. The summed E-state index contributed by atoms with van der Waals surface area (Å²) in [5.74, 6) is 7.28. The summed E-state index contributed by atoms with van der Waals surface area (Å²) < 4.78 is 5.49. The van der Waals surface area contributed by atoms with Crippen LogP contribution >= 0.6 is 11.8 Å². The molecule has 0 atom stereocenters. The quantitative estimate of drug-likeness (QED) is 0.622. The maximum Gasteiger partial charge on any atom is 0.119 e. The van der Waals surface area contributed by atoms with E-state index in [1.54, 1.807) is 11.8 Å². The molecular weight excluding hydrogens is 208 g/mol. The van der Waals surface area contributed by atoms with Crippen molar-refractivity contribution in [1.82, 2.24) is 0 Å². The minimum atomic E-state index is -0.105. The molecule has 1 rings (SSSR count). The summed E-state index contributed by atoms with van der Waals surface area (Å²) in [5.41, 5.74) is 0.890. The molecular formula is C12H14O2S. The molecule has 0 aliphatic heterocycles. The highest BCUT2D eigenvalue weighted by Gasteiger charge is 1.92. The predicted octanol–water partition coefficient (Wildman–Crippen LogP) is 1.77. The Morgan fingerprint density at radius 1 is 1.33 bits per heavy atom. The van der Waals surface area contributed by atoms with Crippen LogP contribution in [0.4, 0.5) is 0 Å². The van der Waals surface area contributed by atoms with Crippen LogP contribution in [0, 0.1) is 11.8 Å². The van der Waals surface area contributed by atoms with Gasteiger partial charge in [0.1, 0.15) is 12.4 Å². The summed E-state index contributed by atoms with van der Waals surface area (Å²) >= 11 is 1.76. The average molecular weight is 222 g/mol. The van der Waals surface area contributed by atoms with Crippen LogP contribution in [0.25, 0.3) is 0 Å². The maximum atomic E-state index is 8.52. The third-order valence-corrected chi connectivity index (χ3v) is 2.30. The topological polar surface area (TPSA) is 29.5 Å². The predicted molar refractivity (Wildman–Crippen MR) is 64.3 cm³/mol. The molecule has 0 fully saturated rings. The first kappa shape index (κ1) is 12.0. The second-order valence-corrected chi connectivity index (χ2v) is 3.81. The van der Waals surface area contributed by atoms with Gasteiger partial charge < -0.3 is 9.84 Å². The van der Waals surface area contributed by atoms with Gasteiger partial charge in [-0.3, -0.25) is 0 Å². The van der Waals surface area contributed by atoms with Gasteiger partial charge in [0, 0.05) is 11.3 Å². The Labute approximate surface area is 94.7 Å². The van der Waals surface area contributed by atoms with Gasteiger partial charge >= 0.3 is 0 Å². The molecule has 0 spiro atoms. The van der Waals surface area contributed by atoms with Crippen molar-refractivity contribution in [2.75, 3.05) is 25.2 Å². The lowest BCUT2D eigenvalue weighted by Crippen LogP contribution is -1.99. The van der Waals surface area contributed by atoms with Gasteiger partial charge in [0.25, 0.3) is 0 Å². The normalized spacial score (nSPS) is 9.20. The van der Waals surface area contributed by atoms with Gasteiger partial charge in [0.05, 0.1) is 6.61 Å². The lowest BCUT2D eigenvalue weighted by Gasteiger charge is -2.04. The molecule has 0 amide bonds. The van der Waals surface area contributed by atoms with Crippen LogP contribution in [0.1, 0.15) is 5.56 Å². The molecule has 3 heteroatoms. The fourth-order valence-electron chi connectivity index (χ4n) is 1.02. The van der Waals surface area contributed by atoms with Crippen molar-refractivity contribution in [1.29, 1.82) is 0 Å². The van der Waals surface area contributed by atoms with Gasteiger partial charge in [-0.15, -0.1) is 0 Å². The van der Waals surface area contributed by atoms with Crippen LogP contribution in [0.15, 0.2) is 24.3 Å². The van der Waals surface area contributed by atoms with Crippen LogP contribution in [0.3, 0.4) is 0 Å². The Hall–Kier alpha value is -1.11. The van der Waals surface area contributed by atoms with E-state index in [1.807, 2.05) is 24.3 Å². The van der Waals surface area contributed by atoms with E-state index in [1.165, 1.54) is 0 Å². The highest BCUT2D eigenvalue weighted by molar-refractivity contribution is 7.98. The SMILES string of the molecule is CSCCOc1ccc(C#CCO)cc1. The van der Waals surface area contributed by atoms with E-state index < -0.39 is 0 Å². The van der Waals surface area contributed by atoms with Crippen LogP contribution in [-0.4, -0.2) is 30.3 Å². The molecule has 0 radical (unpaired) electrons. The maximum absolute atomic E-state index is 8.52. The van der Waals surface area contributed by atoms with Gasteiger partial charge in [-0.2, -0.15) is 11.8 Å². The van der Waals surface area contributed by atoms with E-state index in [9.17, 15) is 0 Å². The number of aliphatic hydroxyl groups is 1. The van der Waals surface area contributed by atoms with Crippen molar-refractivity contribution in [3.63, 3.8) is 0 Å². The fraction of sp³-hybridized carbons (Fsp3) is 0.333. The summed E-state index contributed by atoms with van der Waals surface area (Å²) in [6.07, 6.45) is 2.05. The molecule has 0 unspecified atom stereocenters. The van der Waals surface area contributed by atoms with E-state index in [0.29, 0.717) is 0 Å². The number of ether oxygens (including phenoxy) is 1. The zero-order chi connectivity index (χ0) is 10.9. The molecule has 0 saturated heterocycles. The molecule has 1 aromatic rings. The molecule has 0 aliphatic carbocycles. The van der Waals surface area contributed by atoms with Crippen molar-refractivity contribution in [2.45, 2.75) is 0 Å². The first-order valence-corrected chi connectivity index (χ1v) is 6.07. The van der Waals surface area contributed by atoms with Gasteiger partial charge in [0.2, 0.25) is 0 Å². The molecule has 15 heavy (non-hydrogen) atoms. The standard InChI is InChI=1S/C12H14O2S/c1-15-10-9-14-12-6-4-11(5-7-12)3-2-8-13/h4-7,13H,8-10H2,1H3. The highest BCUT2D eigenvalue weighted by Crippen LogP contribution is 2.11. The fourth-order valence-corrected chi connectivity index (χ4v) is 1.27. The minimum Gasteiger partial charge on any atom is -0.493 e. The number of benzene rings is 1. The zero-order valence-electron chi connectivity index (χ0n) is 8.69. The zero-order valence-corrected chi connectivity index (χ0v) is 9.51. The summed E-state index contributed by atoms with van der Waals surface area (Å²) in [7, 11) is 0. The van der Waals surface area contributed by atoms with Crippen molar-refractivity contribution in [3.05, 3.63) is 29.8 Å². The lowest BCUT2D eigenvalue weighted by molar-refractivity contribution is 0.344. The molecule has 0 aliphatic rings. The van der Waals surface area contributed by atoms with Crippen molar-refractivity contribution in [2.24, 2.45) is 0 Å². The summed E-state index contributed by atoms with van der Waals surface area (Å²) in [5, 5.41) is 8.52. The molecule has 0 saturated carbocycles. The average Bonchev–Trinajstić information content (AvgIpc) is 2.28. The van der Waals surface area contributed by atoms with E-state index in [-0.39, 0.29) is 6.61 Å². The molecule has 1 N–H and O–H groups in total. The second-order valence-electron chi connectivity index (χ2n) is 2.83. The van der Waals surface area contributed by atoms with E-state index >= 15 is 0 Å². The first-order chi connectivity index (χ1) is 7.36. The summed E-state index contributed by atoms with van der Waals surface area (Å²) in [4.78, 5) is 0. The van der Waals surface area contributed by atoms with Crippen LogP contribution in [0.5, 0.6) is 5.75 Å². The van der Waals surface area contributed by atoms with Crippen LogP contribution in [-0.2, 0) is 0 Å². The minimum absolute atomic E-state index is 0.105. The molecule has 0 heterocycles. The van der Waals surface area contributed by atoms with Gasteiger partial charge in [-0.05, 0) is 30.5 Å². The van der Waals surface area contributed by atoms with Gasteiger partial charge in [-0.25, -0.2) is 0 Å². The van der Waals surface area contributed by atoms with Crippen LogP contribution < -0.4 is 4.74 Å². The number of rotatable bonds is 4. The lowest BCUT2D eigenvalue weighted by atomic mass is 10.2. The monoisotopic (exact) mass is 222 g/mol. The third kappa shape index (κ3) is 4.78. The van der Waals surface area contributed by atoms with Crippen molar-refractivity contribution >= 4 is 11.8 Å². The molecule has 1 aromatic carbocycles. The number of thioether (sulfide) groups is 1. The van der Waals surface area contributed by atoms with E-state index in [0.717, 1.165) is 23.7 Å². The molecule has 0 aromatic heterocycles. The Kier molecular flexibility index (Phi) is 5.76. The Bertz CT molecular complexity index is 335. The second kappa shape index (κ2) is 7.22. The van der Waals surface area contributed by atoms with Crippen molar-refractivity contribution < 1.29 is 9.84 Å². The largest absolute Gasteiger partial charge is 0.493 e. The molecule has 2 nitrogen and oxygen atoms in total. The van der Waals surface area contributed by atoms with Gasteiger partial charge in [-0.1, -0.05) is 11.8 Å². The summed E-state index contributed by atoms with van der Waals surface area (Å²) in [6.45, 7) is 0.620. The Balaban J connectivity index is 2.49. The number of aliphatic hydroxyl groups excluding tert-OH is 1. The van der Waals surface area contributed by atoms with E-state index in [4.69, 9.17) is 9.84 Å².